The molecule has 3 aromatic rings. The van der Waals surface area contributed by atoms with Crippen LogP contribution in [0.25, 0.3) is 22.1 Å². The Hall–Kier alpha value is -3.32. The SMILES string of the molecule is COc1ccc(-c2coc3cc(OCC(=O)NC(CO)C(C)C)ccc3c2=O)cc1. The Balaban J connectivity index is 1.75. The van der Waals surface area contributed by atoms with Crippen molar-refractivity contribution in [1.82, 2.24) is 5.32 Å². The van der Waals surface area contributed by atoms with Crippen molar-refractivity contribution in [2.24, 2.45) is 5.92 Å². The second-order valence-electron chi connectivity index (χ2n) is 7.25. The second-order valence-corrected chi connectivity index (χ2v) is 7.25. The van der Waals surface area contributed by atoms with Crippen LogP contribution >= 0.6 is 0 Å². The number of benzene rings is 2. The summed E-state index contributed by atoms with van der Waals surface area (Å²) in [6.45, 7) is 3.48. The maximum absolute atomic E-state index is 12.9. The van der Waals surface area contributed by atoms with Crippen molar-refractivity contribution in [1.29, 1.82) is 0 Å². The third-order valence-corrected chi connectivity index (χ3v) is 4.86. The summed E-state index contributed by atoms with van der Waals surface area (Å²) >= 11 is 0. The van der Waals surface area contributed by atoms with Crippen molar-refractivity contribution in [2.45, 2.75) is 19.9 Å². The highest BCUT2D eigenvalue weighted by molar-refractivity contribution is 5.83. The van der Waals surface area contributed by atoms with Crippen molar-refractivity contribution >= 4 is 16.9 Å². The number of nitrogens with one attached hydrogen (secondary N) is 1. The topological polar surface area (TPSA) is 98.0 Å². The predicted molar refractivity (Wildman–Crippen MR) is 114 cm³/mol. The third-order valence-electron chi connectivity index (χ3n) is 4.86. The molecule has 0 radical (unpaired) electrons. The van der Waals surface area contributed by atoms with E-state index < -0.39 is 0 Å². The molecule has 0 fully saturated rings. The molecule has 1 aromatic heterocycles. The fraction of sp³-hybridized carbons (Fsp3) is 0.304. The standard InChI is InChI=1S/C23H25NO6/c1-14(2)20(11-25)24-22(26)13-29-17-8-9-18-21(10-17)30-12-19(23(18)27)15-4-6-16(28-3)7-5-15/h4-10,12,14,20,25H,11,13H2,1-3H3,(H,24,26). The second kappa shape index (κ2) is 9.45. The molecular weight excluding hydrogens is 386 g/mol. The lowest BCUT2D eigenvalue weighted by Gasteiger charge is -2.19. The molecule has 0 aliphatic rings. The summed E-state index contributed by atoms with van der Waals surface area (Å²) < 4.78 is 16.3. The van der Waals surface area contributed by atoms with Crippen LogP contribution in [0, 0.1) is 5.92 Å². The summed E-state index contributed by atoms with van der Waals surface area (Å²) in [5.41, 5.74) is 1.38. The van der Waals surface area contributed by atoms with Crippen LogP contribution in [0.15, 0.2) is 57.9 Å². The number of ether oxygens (including phenoxy) is 2. The zero-order valence-electron chi connectivity index (χ0n) is 17.2. The molecule has 0 bridgehead atoms. The molecule has 0 aliphatic heterocycles. The van der Waals surface area contributed by atoms with Gasteiger partial charge in [0.1, 0.15) is 23.3 Å². The lowest BCUT2D eigenvalue weighted by atomic mass is 10.1. The van der Waals surface area contributed by atoms with Crippen molar-refractivity contribution in [3.8, 4) is 22.6 Å². The van der Waals surface area contributed by atoms with Crippen LogP contribution < -0.4 is 20.2 Å². The number of methoxy groups -OCH3 is 1. The summed E-state index contributed by atoms with van der Waals surface area (Å²) in [6.07, 6.45) is 1.41. The summed E-state index contributed by atoms with van der Waals surface area (Å²) in [5.74, 6) is 0.879. The van der Waals surface area contributed by atoms with Gasteiger partial charge in [0, 0.05) is 6.07 Å². The molecule has 1 amide bonds. The number of amides is 1. The molecule has 0 saturated heterocycles. The van der Waals surface area contributed by atoms with Crippen molar-refractivity contribution in [3.63, 3.8) is 0 Å². The van der Waals surface area contributed by atoms with E-state index in [0.717, 1.165) is 5.56 Å². The van der Waals surface area contributed by atoms with E-state index in [9.17, 15) is 14.7 Å². The van der Waals surface area contributed by atoms with Crippen LogP contribution in [0.3, 0.4) is 0 Å². The van der Waals surface area contributed by atoms with E-state index in [4.69, 9.17) is 13.9 Å². The summed E-state index contributed by atoms with van der Waals surface area (Å²) in [5, 5.41) is 12.4. The maximum atomic E-state index is 12.9. The van der Waals surface area contributed by atoms with Crippen LogP contribution in [0.2, 0.25) is 0 Å². The van der Waals surface area contributed by atoms with Gasteiger partial charge in [0.25, 0.3) is 5.91 Å². The minimum absolute atomic E-state index is 0.105. The number of carbonyl (C=O) groups is 1. The Labute approximate surface area is 174 Å². The van der Waals surface area contributed by atoms with Crippen LogP contribution in [-0.2, 0) is 4.79 Å². The average molecular weight is 411 g/mol. The van der Waals surface area contributed by atoms with E-state index in [1.54, 1.807) is 49.6 Å². The first-order chi connectivity index (χ1) is 14.4. The summed E-state index contributed by atoms with van der Waals surface area (Å²) in [7, 11) is 1.58. The van der Waals surface area contributed by atoms with Gasteiger partial charge in [-0.05, 0) is 35.7 Å². The van der Waals surface area contributed by atoms with Gasteiger partial charge in [-0.15, -0.1) is 0 Å². The third kappa shape index (κ3) is 4.80. The first-order valence-electron chi connectivity index (χ1n) is 9.66. The smallest absolute Gasteiger partial charge is 0.258 e. The molecule has 1 atom stereocenters. The van der Waals surface area contributed by atoms with E-state index in [2.05, 4.69) is 5.32 Å². The molecule has 7 nitrogen and oxygen atoms in total. The fourth-order valence-corrected chi connectivity index (χ4v) is 2.99. The van der Waals surface area contributed by atoms with Crippen molar-refractivity contribution < 1.29 is 23.8 Å². The average Bonchev–Trinajstić information content (AvgIpc) is 2.76. The molecule has 3 rings (SSSR count). The molecule has 30 heavy (non-hydrogen) atoms. The number of rotatable bonds is 8. The highest BCUT2D eigenvalue weighted by atomic mass is 16.5. The van der Waals surface area contributed by atoms with Crippen LogP contribution in [-0.4, -0.2) is 37.4 Å². The Morgan fingerprint density at radius 2 is 1.83 bits per heavy atom. The molecule has 0 saturated carbocycles. The number of carbonyl (C=O) groups excluding carboxylic acids is 1. The van der Waals surface area contributed by atoms with E-state index in [1.807, 2.05) is 13.8 Å². The first-order valence-corrected chi connectivity index (χ1v) is 9.66. The van der Waals surface area contributed by atoms with Gasteiger partial charge >= 0.3 is 0 Å². The van der Waals surface area contributed by atoms with Gasteiger partial charge in [-0.25, -0.2) is 0 Å². The molecule has 0 spiro atoms. The first kappa shape index (κ1) is 21.4. The van der Waals surface area contributed by atoms with Crippen molar-refractivity contribution in [3.05, 3.63) is 59.0 Å². The molecule has 0 aliphatic carbocycles. The van der Waals surface area contributed by atoms with E-state index >= 15 is 0 Å². The predicted octanol–water partition coefficient (Wildman–Crippen LogP) is 2.98. The Bertz CT molecular complexity index is 1070. The van der Waals surface area contributed by atoms with Gasteiger partial charge in [-0.3, -0.25) is 9.59 Å². The highest BCUT2D eigenvalue weighted by Gasteiger charge is 2.16. The van der Waals surface area contributed by atoms with Gasteiger partial charge in [0.15, 0.2) is 12.0 Å². The van der Waals surface area contributed by atoms with Gasteiger partial charge in [0.05, 0.1) is 30.7 Å². The zero-order chi connectivity index (χ0) is 21.7. The monoisotopic (exact) mass is 411 g/mol. The van der Waals surface area contributed by atoms with E-state index in [1.165, 1.54) is 6.26 Å². The number of hydrogen-bond donors (Lipinski definition) is 2. The van der Waals surface area contributed by atoms with Gasteiger partial charge in [0.2, 0.25) is 0 Å². The van der Waals surface area contributed by atoms with Crippen LogP contribution in [0.1, 0.15) is 13.8 Å². The minimum atomic E-state index is -0.334. The molecule has 7 heteroatoms. The largest absolute Gasteiger partial charge is 0.497 e. The van der Waals surface area contributed by atoms with E-state index in [-0.39, 0.29) is 36.5 Å². The van der Waals surface area contributed by atoms with Gasteiger partial charge < -0.3 is 24.3 Å². The minimum Gasteiger partial charge on any atom is -0.497 e. The normalized spacial score (nSPS) is 12.0. The van der Waals surface area contributed by atoms with Crippen LogP contribution in [0.4, 0.5) is 0 Å². The molecular formula is C23H25NO6. The number of hydrogen-bond acceptors (Lipinski definition) is 6. The Morgan fingerprint density at radius 1 is 1.13 bits per heavy atom. The Morgan fingerprint density at radius 3 is 2.47 bits per heavy atom. The molecule has 158 valence electrons. The van der Waals surface area contributed by atoms with Gasteiger partial charge in [-0.1, -0.05) is 26.0 Å². The molecule has 1 heterocycles. The van der Waals surface area contributed by atoms with Crippen LogP contribution in [0.5, 0.6) is 11.5 Å². The molecule has 1 unspecified atom stereocenters. The fourth-order valence-electron chi connectivity index (χ4n) is 2.99. The lowest BCUT2D eigenvalue weighted by Crippen LogP contribution is -2.43. The van der Waals surface area contributed by atoms with E-state index in [0.29, 0.717) is 28.0 Å². The molecule has 2 aromatic carbocycles. The summed E-state index contributed by atoms with van der Waals surface area (Å²) in [6, 6.07) is 11.6. The highest BCUT2D eigenvalue weighted by Crippen LogP contribution is 2.24. The quantitative estimate of drug-likeness (QED) is 0.591. The van der Waals surface area contributed by atoms with Gasteiger partial charge in [-0.2, -0.15) is 0 Å². The molecule has 2 N–H and O–H groups in total. The van der Waals surface area contributed by atoms with Crippen molar-refractivity contribution in [2.75, 3.05) is 20.3 Å². The lowest BCUT2D eigenvalue weighted by molar-refractivity contribution is -0.124. The maximum Gasteiger partial charge on any atom is 0.258 e. The number of aliphatic hydroxyl groups is 1. The Kier molecular flexibility index (Phi) is 6.74. The number of aliphatic hydroxyl groups excluding tert-OH is 1. The number of fused-ring (bicyclic) bond motifs is 1. The summed E-state index contributed by atoms with van der Waals surface area (Å²) in [4.78, 5) is 24.9. The zero-order valence-corrected chi connectivity index (χ0v) is 17.2.